The van der Waals surface area contributed by atoms with Gasteiger partial charge in [-0.25, -0.2) is 0 Å². The van der Waals surface area contributed by atoms with Crippen molar-refractivity contribution in [1.82, 2.24) is 0 Å². The van der Waals surface area contributed by atoms with Gasteiger partial charge in [-0.3, -0.25) is 0 Å². The third kappa shape index (κ3) is 1.29. The van der Waals surface area contributed by atoms with Crippen LogP contribution in [0.25, 0.3) is 0 Å². The fraction of sp³-hybridized carbons (Fsp3) is 0.556. The minimum Gasteiger partial charge on any atom is -0.324 e. The van der Waals surface area contributed by atoms with Gasteiger partial charge in [-0.1, -0.05) is 30.2 Å². The summed E-state index contributed by atoms with van der Waals surface area (Å²) in [5.41, 5.74) is 8.50. The minimum absolute atomic E-state index is 0.226. The van der Waals surface area contributed by atoms with E-state index in [2.05, 4.69) is 32.9 Å². The first-order chi connectivity index (χ1) is 4.61. The van der Waals surface area contributed by atoms with E-state index in [1.807, 2.05) is 0 Å². The lowest BCUT2D eigenvalue weighted by Crippen LogP contribution is -2.27. The third-order valence-electron chi connectivity index (χ3n) is 2.18. The van der Waals surface area contributed by atoms with Crippen molar-refractivity contribution < 1.29 is 0 Å². The Morgan fingerprint density at radius 1 is 1.20 bits per heavy atom. The Bertz CT molecular complexity index is 167. The van der Waals surface area contributed by atoms with Crippen LogP contribution in [0, 0.1) is 5.92 Å². The van der Waals surface area contributed by atoms with Gasteiger partial charge in [0, 0.05) is 6.04 Å². The molecular weight excluding hydrogens is 122 g/mol. The van der Waals surface area contributed by atoms with E-state index in [9.17, 15) is 0 Å². The molecule has 0 aliphatic heterocycles. The van der Waals surface area contributed by atoms with Gasteiger partial charge in [0.05, 0.1) is 0 Å². The first-order valence-corrected chi connectivity index (χ1v) is 3.74. The van der Waals surface area contributed by atoms with Crippen molar-refractivity contribution >= 4 is 0 Å². The zero-order chi connectivity index (χ0) is 7.72. The van der Waals surface area contributed by atoms with Crippen LogP contribution in [0.5, 0.6) is 0 Å². The Morgan fingerprint density at radius 2 is 1.70 bits per heavy atom. The smallest absolute Gasteiger partial charge is 0.0290 e. The lowest BCUT2D eigenvalue weighted by molar-refractivity contribution is 0.615. The van der Waals surface area contributed by atoms with E-state index in [1.165, 1.54) is 11.1 Å². The Labute approximate surface area is 62.6 Å². The van der Waals surface area contributed by atoms with Gasteiger partial charge in [0.15, 0.2) is 0 Å². The van der Waals surface area contributed by atoms with Crippen molar-refractivity contribution in [3.63, 3.8) is 0 Å². The van der Waals surface area contributed by atoms with E-state index in [0.717, 1.165) is 0 Å². The first kappa shape index (κ1) is 7.55. The molecule has 0 heterocycles. The summed E-state index contributed by atoms with van der Waals surface area (Å²) in [5, 5.41) is 0. The summed E-state index contributed by atoms with van der Waals surface area (Å²) in [5.74, 6) is 0.503. The number of hydrogen-bond acceptors (Lipinski definition) is 1. The second-order valence-corrected chi connectivity index (χ2v) is 3.14. The molecule has 0 saturated carbocycles. The number of allylic oxidation sites excluding steroid dienone is 2. The molecule has 1 aliphatic rings. The summed E-state index contributed by atoms with van der Waals surface area (Å²) in [6.45, 7) is 6.39. The van der Waals surface area contributed by atoms with E-state index >= 15 is 0 Å². The predicted octanol–water partition coefficient (Wildman–Crippen LogP) is 1.86. The average molecular weight is 137 g/mol. The largest absolute Gasteiger partial charge is 0.324 e. The molecule has 0 spiro atoms. The molecular formula is C9H15N. The van der Waals surface area contributed by atoms with Crippen LogP contribution in [-0.2, 0) is 0 Å². The summed E-state index contributed by atoms with van der Waals surface area (Å²) < 4.78 is 0. The Balaban J connectivity index is 2.83. The maximum atomic E-state index is 5.81. The molecule has 1 rings (SSSR count). The fourth-order valence-corrected chi connectivity index (χ4v) is 1.21. The molecule has 0 bridgehead atoms. The molecule has 10 heavy (non-hydrogen) atoms. The number of hydrogen-bond donors (Lipinski definition) is 1. The summed E-state index contributed by atoms with van der Waals surface area (Å²) in [6, 6.07) is 0.226. The van der Waals surface area contributed by atoms with Crippen LogP contribution in [0.1, 0.15) is 20.8 Å². The number of nitrogens with two attached hydrogens (primary N) is 1. The molecule has 0 radical (unpaired) electrons. The van der Waals surface area contributed by atoms with Crippen molar-refractivity contribution in [2.24, 2.45) is 11.7 Å². The first-order valence-electron chi connectivity index (χ1n) is 3.74. The predicted molar refractivity (Wildman–Crippen MR) is 44.7 cm³/mol. The summed E-state index contributed by atoms with van der Waals surface area (Å²) in [6.07, 6.45) is 4.38. The Morgan fingerprint density at radius 3 is 2.20 bits per heavy atom. The Kier molecular flexibility index (Phi) is 1.95. The zero-order valence-electron chi connectivity index (χ0n) is 6.89. The lowest BCUT2D eigenvalue weighted by atomic mass is 9.90. The molecule has 0 amide bonds. The molecule has 1 aliphatic carbocycles. The van der Waals surface area contributed by atoms with Gasteiger partial charge in [-0.15, -0.1) is 0 Å². The van der Waals surface area contributed by atoms with Gasteiger partial charge < -0.3 is 5.73 Å². The van der Waals surface area contributed by atoms with Crippen LogP contribution in [0.2, 0.25) is 0 Å². The lowest BCUT2D eigenvalue weighted by Gasteiger charge is -2.20. The van der Waals surface area contributed by atoms with Crippen molar-refractivity contribution in [3.05, 3.63) is 23.3 Å². The van der Waals surface area contributed by atoms with Crippen LogP contribution < -0.4 is 5.73 Å². The maximum absolute atomic E-state index is 5.81. The fourth-order valence-electron chi connectivity index (χ4n) is 1.21. The molecule has 0 aromatic rings. The summed E-state index contributed by atoms with van der Waals surface area (Å²) >= 11 is 0. The van der Waals surface area contributed by atoms with Crippen molar-refractivity contribution in [3.8, 4) is 0 Å². The van der Waals surface area contributed by atoms with Gasteiger partial charge in [-0.2, -0.15) is 0 Å². The standard InChI is InChI=1S/C9H15N/c1-6-4-8(3)9(10)5-7(6)2/h4-5,8-9H,10H2,1-3H3. The van der Waals surface area contributed by atoms with Crippen molar-refractivity contribution in [2.75, 3.05) is 0 Å². The molecule has 2 unspecified atom stereocenters. The van der Waals surface area contributed by atoms with Gasteiger partial charge in [-0.05, 0) is 19.8 Å². The molecule has 2 atom stereocenters. The van der Waals surface area contributed by atoms with Gasteiger partial charge in [0.25, 0.3) is 0 Å². The molecule has 1 nitrogen and oxygen atoms in total. The Hall–Kier alpha value is -0.560. The summed E-state index contributed by atoms with van der Waals surface area (Å²) in [7, 11) is 0. The van der Waals surface area contributed by atoms with Crippen LogP contribution in [0.4, 0.5) is 0 Å². The van der Waals surface area contributed by atoms with Gasteiger partial charge >= 0.3 is 0 Å². The third-order valence-corrected chi connectivity index (χ3v) is 2.18. The number of rotatable bonds is 0. The molecule has 2 N–H and O–H groups in total. The molecule has 56 valence electrons. The second-order valence-electron chi connectivity index (χ2n) is 3.14. The summed E-state index contributed by atoms with van der Waals surface area (Å²) in [4.78, 5) is 0. The molecule has 1 heteroatoms. The highest BCUT2D eigenvalue weighted by atomic mass is 14.6. The van der Waals surface area contributed by atoms with E-state index < -0.39 is 0 Å². The van der Waals surface area contributed by atoms with E-state index in [-0.39, 0.29) is 6.04 Å². The van der Waals surface area contributed by atoms with Crippen molar-refractivity contribution in [1.29, 1.82) is 0 Å². The molecule has 0 fully saturated rings. The molecule has 0 aromatic carbocycles. The van der Waals surface area contributed by atoms with E-state index in [4.69, 9.17) is 5.73 Å². The van der Waals surface area contributed by atoms with Crippen LogP contribution in [0.15, 0.2) is 23.3 Å². The van der Waals surface area contributed by atoms with Crippen LogP contribution >= 0.6 is 0 Å². The van der Waals surface area contributed by atoms with Crippen LogP contribution in [0.3, 0.4) is 0 Å². The highest BCUT2D eigenvalue weighted by molar-refractivity contribution is 5.33. The highest BCUT2D eigenvalue weighted by Gasteiger charge is 2.12. The zero-order valence-corrected chi connectivity index (χ0v) is 6.89. The molecule has 0 saturated heterocycles. The average Bonchev–Trinajstić information content (AvgIpc) is 1.84. The van der Waals surface area contributed by atoms with Gasteiger partial charge in [0.1, 0.15) is 0 Å². The van der Waals surface area contributed by atoms with E-state index in [1.54, 1.807) is 0 Å². The maximum Gasteiger partial charge on any atom is 0.0290 e. The highest BCUT2D eigenvalue weighted by Crippen LogP contribution is 2.20. The molecule has 0 aromatic heterocycles. The van der Waals surface area contributed by atoms with E-state index in [0.29, 0.717) is 5.92 Å². The van der Waals surface area contributed by atoms with Crippen LogP contribution in [-0.4, -0.2) is 6.04 Å². The normalized spacial score (nSPS) is 33.2. The topological polar surface area (TPSA) is 26.0 Å². The van der Waals surface area contributed by atoms with Gasteiger partial charge in [0.2, 0.25) is 0 Å². The SMILES string of the molecule is CC1=CC(C)C(N)C=C1C. The minimum atomic E-state index is 0.226. The quantitative estimate of drug-likeness (QED) is 0.542. The van der Waals surface area contributed by atoms with Crippen molar-refractivity contribution in [2.45, 2.75) is 26.8 Å². The second kappa shape index (κ2) is 2.59. The monoisotopic (exact) mass is 137 g/mol.